The number of rotatable bonds is 2. The molecule has 4 aromatic rings. The maximum Gasteiger partial charge on any atom is 0.197 e. The first-order valence-electron chi connectivity index (χ1n) is 11.6. The normalized spacial score (nSPS) is 13.3. The Morgan fingerprint density at radius 2 is 1.29 bits per heavy atom. The predicted molar refractivity (Wildman–Crippen MR) is 142 cm³/mol. The van der Waals surface area contributed by atoms with Crippen LogP contribution in [-0.2, 0) is 7.05 Å². The zero-order chi connectivity index (χ0) is 27.1. The van der Waals surface area contributed by atoms with E-state index < -0.39 is 0 Å². The summed E-state index contributed by atoms with van der Waals surface area (Å²) in [5.74, 6) is -0.357. The molecule has 0 N–H and O–H groups in total. The van der Waals surface area contributed by atoms with Gasteiger partial charge in [0.15, 0.2) is 11.2 Å². The molecule has 0 aliphatic heterocycles. The third-order valence-corrected chi connectivity index (χ3v) is 7.00. The molecule has 38 heavy (non-hydrogen) atoms. The molecule has 0 spiro atoms. The fourth-order valence-corrected chi connectivity index (χ4v) is 5.07. The Labute approximate surface area is 217 Å². The highest BCUT2D eigenvalue weighted by Crippen LogP contribution is 2.39. The van der Waals surface area contributed by atoms with Gasteiger partial charge in [-0.3, -0.25) is 9.59 Å². The van der Waals surface area contributed by atoms with Crippen LogP contribution in [0.1, 0.15) is 51.0 Å². The smallest absolute Gasteiger partial charge is 0.197 e. The molecule has 1 atom stereocenters. The minimum absolute atomic E-state index is 0.0513. The fourth-order valence-electron chi connectivity index (χ4n) is 5.07. The lowest BCUT2D eigenvalue weighted by molar-refractivity contribution is 0.103. The van der Waals surface area contributed by atoms with E-state index in [1.807, 2.05) is 48.9 Å². The van der Waals surface area contributed by atoms with Crippen LogP contribution in [0.2, 0.25) is 0 Å². The summed E-state index contributed by atoms with van der Waals surface area (Å²) in [6.07, 6.45) is 2.89. The van der Waals surface area contributed by atoms with E-state index in [1.54, 1.807) is 42.5 Å². The van der Waals surface area contributed by atoms with Gasteiger partial charge in [-0.1, -0.05) is 25.1 Å². The van der Waals surface area contributed by atoms with Crippen LogP contribution >= 0.6 is 0 Å². The quantitative estimate of drug-likeness (QED) is 0.278. The second-order valence-electron chi connectivity index (χ2n) is 9.08. The number of ketones is 1. The van der Waals surface area contributed by atoms with Gasteiger partial charge in [-0.15, -0.1) is 0 Å². The number of allylic oxidation sites excluding steroid dienone is 2. The van der Waals surface area contributed by atoms with Crippen molar-refractivity contribution in [2.24, 2.45) is 7.05 Å². The molecule has 1 aromatic heterocycles. The number of carbonyl (C=O) groups excluding carboxylic acids is 1. The highest BCUT2D eigenvalue weighted by Gasteiger charge is 2.30. The Kier molecular flexibility index (Phi) is 5.69. The zero-order valence-electron chi connectivity index (χ0n) is 20.4. The molecule has 7 heteroatoms. The van der Waals surface area contributed by atoms with Crippen molar-refractivity contribution in [1.82, 2.24) is 4.57 Å². The van der Waals surface area contributed by atoms with E-state index in [1.165, 1.54) is 12.2 Å². The molecule has 0 saturated heterocycles. The average molecular weight is 492 g/mol. The lowest BCUT2D eigenvalue weighted by Gasteiger charge is -2.26. The van der Waals surface area contributed by atoms with E-state index in [9.17, 15) is 9.59 Å². The van der Waals surface area contributed by atoms with Crippen molar-refractivity contribution in [2.45, 2.75) is 12.8 Å². The van der Waals surface area contributed by atoms with Crippen molar-refractivity contribution in [3.63, 3.8) is 0 Å². The Morgan fingerprint density at radius 3 is 1.92 bits per heavy atom. The number of fused-ring (bicyclic) bond motifs is 4. The van der Waals surface area contributed by atoms with Gasteiger partial charge in [0.05, 0.1) is 11.0 Å². The molecule has 3 aromatic carbocycles. The summed E-state index contributed by atoms with van der Waals surface area (Å²) in [5, 5.41) is 37.3. The molecule has 0 radical (unpaired) electrons. The van der Waals surface area contributed by atoms with Gasteiger partial charge < -0.3 is 4.57 Å². The summed E-state index contributed by atoms with van der Waals surface area (Å²) in [5.41, 5.74) is 4.67. The Hall–Kier alpha value is -5.76. The SMILES string of the molecule is CC1c2ccc(C=C(C#N)C#N)cc2C(=O)c2cc3c(cc21)c(=O)c1cc(C=C(C#N)C#N)ccc1n3C. The number of pyridine rings is 1. The van der Waals surface area contributed by atoms with Crippen molar-refractivity contribution in [3.05, 3.63) is 103 Å². The van der Waals surface area contributed by atoms with Crippen LogP contribution in [0.25, 0.3) is 34.0 Å². The molecule has 178 valence electrons. The standard InChI is InChI=1S/C31H17N5O2/c1-17-22-5-3-18(7-20(13-32)14-33)9-24(22)30(37)25-12-29-27(11-23(17)25)31(38)26-10-19(8-21(15-34)16-35)4-6-28(26)36(29)2/h3-12,17H,1-2H3. The number of benzene rings is 3. The summed E-state index contributed by atoms with van der Waals surface area (Å²) in [6, 6.07) is 21.3. The first-order valence-corrected chi connectivity index (χ1v) is 11.6. The summed E-state index contributed by atoms with van der Waals surface area (Å²) in [6.45, 7) is 1.97. The van der Waals surface area contributed by atoms with E-state index in [-0.39, 0.29) is 28.3 Å². The lowest BCUT2D eigenvalue weighted by Crippen LogP contribution is -2.20. The molecule has 5 rings (SSSR count). The van der Waals surface area contributed by atoms with Gasteiger partial charge in [0.1, 0.15) is 35.4 Å². The zero-order valence-corrected chi connectivity index (χ0v) is 20.4. The molecule has 0 bridgehead atoms. The van der Waals surface area contributed by atoms with Crippen molar-refractivity contribution < 1.29 is 4.79 Å². The van der Waals surface area contributed by atoms with Crippen molar-refractivity contribution >= 4 is 39.7 Å². The average Bonchev–Trinajstić information content (AvgIpc) is 2.95. The molecule has 0 fully saturated rings. The third kappa shape index (κ3) is 3.64. The molecule has 0 saturated carbocycles. The van der Waals surface area contributed by atoms with Gasteiger partial charge in [0.25, 0.3) is 0 Å². The van der Waals surface area contributed by atoms with Crippen LogP contribution in [0.15, 0.2) is 64.5 Å². The van der Waals surface area contributed by atoms with Gasteiger partial charge in [0, 0.05) is 34.9 Å². The van der Waals surface area contributed by atoms with Crippen LogP contribution in [0, 0.1) is 45.3 Å². The van der Waals surface area contributed by atoms with Crippen molar-refractivity contribution in [2.75, 3.05) is 0 Å². The van der Waals surface area contributed by atoms with Gasteiger partial charge in [-0.05, 0) is 64.7 Å². The van der Waals surface area contributed by atoms with E-state index in [2.05, 4.69) is 0 Å². The molecule has 1 unspecified atom stereocenters. The van der Waals surface area contributed by atoms with Crippen LogP contribution in [-0.4, -0.2) is 10.4 Å². The highest BCUT2D eigenvalue weighted by molar-refractivity contribution is 6.15. The van der Waals surface area contributed by atoms with E-state index in [0.29, 0.717) is 44.1 Å². The molecule has 1 aliphatic carbocycles. The van der Waals surface area contributed by atoms with Gasteiger partial charge in [-0.25, -0.2) is 0 Å². The molecular formula is C31H17N5O2. The third-order valence-electron chi connectivity index (χ3n) is 7.00. The summed E-state index contributed by atoms with van der Waals surface area (Å²) in [7, 11) is 1.82. The number of hydrogen-bond donors (Lipinski definition) is 0. The summed E-state index contributed by atoms with van der Waals surface area (Å²) >= 11 is 0. The first kappa shape index (κ1) is 24.0. The number of aryl methyl sites for hydroxylation is 1. The minimum Gasteiger partial charge on any atom is -0.343 e. The van der Waals surface area contributed by atoms with Crippen LogP contribution in [0.4, 0.5) is 0 Å². The second-order valence-corrected chi connectivity index (χ2v) is 9.08. The molecule has 1 aliphatic rings. The highest BCUT2D eigenvalue weighted by atomic mass is 16.1. The summed E-state index contributed by atoms with van der Waals surface area (Å²) < 4.78 is 1.86. The van der Waals surface area contributed by atoms with Crippen LogP contribution in [0.3, 0.4) is 0 Å². The predicted octanol–water partition coefficient (Wildman–Crippen LogP) is 5.25. The second kappa shape index (κ2) is 9.03. The van der Waals surface area contributed by atoms with Gasteiger partial charge in [0.2, 0.25) is 0 Å². The van der Waals surface area contributed by atoms with Crippen LogP contribution < -0.4 is 5.43 Å². The monoisotopic (exact) mass is 491 g/mol. The number of nitriles is 4. The first-order chi connectivity index (χ1) is 18.3. The topological polar surface area (TPSA) is 134 Å². The Bertz CT molecular complexity index is 2000. The lowest BCUT2D eigenvalue weighted by atomic mass is 9.77. The number of nitrogens with zero attached hydrogens (tertiary/aromatic N) is 5. The fraction of sp³-hybridized carbons (Fsp3) is 0.0968. The van der Waals surface area contributed by atoms with Gasteiger partial charge >= 0.3 is 0 Å². The number of hydrogen-bond acceptors (Lipinski definition) is 6. The van der Waals surface area contributed by atoms with Gasteiger partial charge in [-0.2, -0.15) is 21.0 Å². The molecule has 1 heterocycles. The maximum absolute atomic E-state index is 13.6. The minimum atomic E-state index is -0.201. The van der Waals surface area contributed by atoms with Crippen LogP contribution in [0.5, 0.6) is 0 Å². The van der Waals surface area contributed by atoms with E-state index >= 15 is 0 Å². The number of aromatic nitrogens is 1. The largest absolute Gasteiger partial charge is 0.343 e. The van der Waals surface area contributed by atoms with E-state index in [4.69, 9.17) is 21.0 Å². The molecular weight excluding hydrogens is 474 g/mol. The Morgan fingerprint density at radius 1 is 0.737 bits per heavy atom. The molecule has 7 nitrogen and oxygen atoms in total. The maximum atomic E-state index is 13.6. The Balaban J connectivity index is 1.73. The van der Waals surface area contributed by atoms with E-state index in [0.717, 1.165) is 11.1 Å². The summed E-state index contributed by atoms with van der Waals surface area (Å²) in [4.78, 5) is 27.3. The van der Waals surface area contributed by atoms with Crippen molar-refractivity contribution in [3.8, 4) is 24.3 Å². The van der Waals surface area contributed by atoms with Crippen molar-refractivity contribution in [1.29, 1.82) is 21.0 Å². The number of carbonyl (C=O) groups is 1. The molecule has 0 amide bonds.